The number of benzene rings is 1. The molecule has 6 heteroatoms. The third-order valence-electron chi connectivity index (χ3n) is 2.64. The van der Waals surface area contributed by atoms with Gasteiger partial charge in [0.15, 0.2) is 0 Å². The van der Waals surface area contributed by atoms with Gasteiger partial charge in [-0.1, -0.05) is 13.3 Å². The van der Waals surface area contributed by atoms with Crippen molar-refractivity contribution in [1.29, 1.82) is 0 Å². The fourth-order valence-electron chi connectivity index (χ4n) is 1.48. The average molecular weight is 268 g/mol. The van der Waals surface area contributed by atoms with Crippen molar-refractivity contribution in [2.75, 3.05) is 18.9 Å². The molecule has 2 amide bonds. The summed E-state index contributed by atoms with van der Waals surface area (Å²) in [5, 5.41) is 11.3. The van der Waals surface area contributed by atoms with Gasteiger partial charge in [-0.15, -0.1) is 0 Å². The number of rotatable bonds is 5. The number of carboxylic acids is 1. The SMILES string of the molecule is CCCCN(C)C(=O)Nc1ccc(F)c(C(=O)O)c1. The van der Waals surface area contributed by atoms with E-state index < -0.39 is 17.3 Å². The standard InChI is InChI=1S/C13H17FN2O3/c1-3-4-7-16(2)13(19)15-9-5-6-11(14)10(8-9)12(17)18/h5-6,8H,3-4,7H2,1-2H3,(H,15,19)(H,17,18). The molecule has 2 N–H and O–H groups in total. The Hall–Kier alpha value is -2.11. The van der Waals surface area contributed by atoms with Crippen LogP contribution in [0.15, 0.2) is 18.2 Å². The predicted molar refractivity (Wildman–Crippen MR) is 69.9 cm³/mol. The number of halogens is 1. The number of anilines is 1. The highest BCUT2D eigenvalue weighted by atomic mass is 19.1. The third kappa shape index (κ3) is 4.24. The van der Waals surface area contributed by atoms with Crippen molar-refractivity contribution >= 4 is 17.7 Å². The van der Waals surface area contributed by atoms with E-state index in [1.54, 1.807) is 7.05 Å². The summed E-state index contributed by atoms with van der Waals surface area (Å²) >= 11 is 0. The van der Waals surface area contributed by atoms with Crippen molar-refractivity contribution in [1.82, 2.24) is 4.90 Å². The van der Waals surface area contributed by atoms with E-state index in [1.165, 1.54) is 11.0 Å². The van der Waals surface area contributed by atoms with Crippen LogP contribution in [0.25, 0.3) is 0 Å². The first-order valence-corrected chi connectivity index (χ1v) is 6.00. The molecule has 0 heterocycles. The van der Waals surface area contributed by atoms with Crippen molar-refractivity contribution in [3.63, 3.8) is 0 Å². The molecule has 0 fully saturated rings. The zero-order valence-electron chi connectivity index (χ0n) is 10.9. The van der Waals surface area contributed by atoms with Crippen LogP contribution < -0.4 is 5.32 Å². The number of carboxylic acid groups (broad SMARTS) is 1. The number of hydrogen-bond acceptors (Lipinski definition) is 2. The lowest BCUT2D eigenvalue weighted by Gasteiger charge is -2.17. The molecule has 0 unspecified atom stereocenters. The normalized spacial score (nSPS) is 10.1. The predicted octanol–water partition coefficient (Wildman–Crippen LogP) is 2.79. The maximum Gasteiger partial charge on any atom is 0.338 e. The number of carbonyl (C=O) groups is 2. The molecule has 0 spiro atoms. The summed E-state index contributed by atoms with van der Waals surface area (Å²) in [5.41, 5.74) is -0.207. The quantitative estimate of drug-likeness (QED) is 0.862. The number of nitrogens with zero attached hydrogens (tertiary/aromatic N) is 1. The number of amides is 2. The molecular weight excluding hydrogens is 251 g/mol. The summed E-state index contributed by atoms with van der Waals surface area (Å²) in [4.78, 5) is 24.0. The summed E-state index contributed by atoms with van der Waals surface area (Å²) in [6.45, 7) is 2.63. The Bertz CT molecular complexity index is 477. The summed E-state index contributed by atoms with van der Waals surface area (Å²) < 4.78 is 13.2. The lowest BCUT2D eigenvalue weighted by atomic mass is 10.2. The molecule has 0 aliphatic rings. The minimum Gasteiger partial charge on any atom is -0.478 e. The van der Waals surface area contributed by atoms with Gasteiger partial charge in [0, 0.05) is 19.3 Å². The smallest absolute Gasteiger partial charge is 0.338 e. The molecule has 0 aliphatic heterocycles. The molecule has 0 atom stereocenters. The average Bonchev–Trinajstić information content (AvgIpc) is 2.37. The number of hydrogen-bond donors (Lipinski definition) is 2. The van der Waals surface area contributed by atoms with E-state index in [1.807, 2.05) is 6.92 Å². The zero-order valence-corrected chi connectivity index (χ0v) is 10.9. The van der Waals surface area contributed by atoms with Crippen molar-refractivity contribution in [2.24, 2.45) is 0 Å². The Morgan fingerprint density at radius 3 is 2.68 bits per heavy atom. The highest BCUT2D eigenvalue weighted by Crippen LogP contribution is 2.15. The van der Waals surface area contributed by atoms with Crippen LogP contribution in [0.2, 0.25) is 0 Å². The number of aromatic carboxylic acids is 1. The van der Waals surface area contributed by atoms with Crippen LogP contribution in [0.4, 0.5) is 14.9 Å². The molecule has 0 saturated carbocycles. The van der Waals surface area contributed by atoms with E-state index >= 15 is 0 Å². The van der Waals surface area contributed by atoms with Gasteiger partial charge in [0.05, 0.1) is 5.56 Å². The van der Waals surface area contributed by atoms with Crippen molar-refractivity contribution in [2.45, 2.75) is 19.8 Å². The molecule has 0 bridgehead atoms. The van der Waals surface area contributed by atoms with Gasteiger partial charge in [-0.3, -0.25) is 0 Å². The molecule has 5 nitrogen and oxygen atoms in total. The minimum absolute atomic E-state index is 0.257. The summed E-state index contributed by atoms with van der Waals surface area (Å²) in [6, 6.07) is 3.10. The molecule has 0 radical (unpaired) electrons. The second kappa shape index (κ2) is 6.72. The molecule has 0 saturated heterocycles. The first-order valence-electron chi connectivity index (χ1n) is 6.00. The van der Waals surface area contributed by atoms with E-state index in [0.717, 1.165) is 25.0 Å². The number of nitrogens with one attached hydrogen (secondary N) is 1. The van der Waals surface area contributed by atoms with Crippen LogP contribution in [0.3, 0.4) is 0 Å². The highest BCUT2D eigenvalue weighted by molar-refractivity contribution is 5.93. The molecule has 19 heavy (non-hydrogen) atoms. The molecular formula is C13H17FN2O3. The van der Waals surface area contributed by atoms with Crippen molar-refractivity contribution < 1.29 is 19.1 Å². The summed E-state index contributed by atoms with van der Waals surface area (Å²) in [5.74, 6) is -2.20. The molecule has 1 aromatic rings. The van der Waals surface area contributed by atoms with Gasteiger partial charge in [-0.25, -0.2) is 14.0 Å². The summed E-state index contributed by atoms with van der Waals surface area (Å²) in [7, 11) is 1.65. The topological polar surface area (TPSA) is 69.6 Å². The first kappa shape index (κ1) is 14.9. The monoisotopic (exact) mass is 268 g/mol. The third-order valence-corrected chi connectivity index (χ3v) is 2.64. The van der Waals surface area contributed by atoms with Crippen molar-refractivity contribution in [3.05, 3.63) is 29.6 Å². The zero-order chi connectivity index (χ0) is 14.4. The molecule has 1 aromatic carbocycles. The van der Waals surface area contributed by atoms with Gasteiger partial charge in [0.25, 0.3) is 0 Å². The second-order valence-corrected chi connectivity index (χ2v) is 4.21. The number of urea groups is 1. The molecule has 0 aromatic heterocycles. The van der Waals surface area contributed by atoms with Gasteiger partial charge >= 0.3 is 12.0 Å². The van der Waals surface area contributed by atoms with Crippen LogP contribution in [0.1, 0.15) is 30.1 Å². The second-order valence-electron chi connectivity index (χ2n) is 4.21. The fourth-order valence-corrected chi connectivity index (χ4v) is 1.48. The van der Waals surface area contributed by atoms with Crippen LogP contribution >= 0.6 is 0 Å². The van der Waals surface area contributed by atoms with Gasteiger partial charge in [0.2, 0.25) is 0 Å². The Kier molecular flexibility index (Phi) is 5.29. The summed E-state index contributed by atoms with van der Waals surface area (Å²) in [6.07, 6.45) is 1.85. The van der Waals surface area contributed by atoms with Crippen LogP contribution in [-0.2, 0) is 0 Å². The number of unbranched alkanes of at least 4 members (excludes halogenated alkanes) is 1. The van der Waals surface area contributed by atoms with Gasteiger partial charge in [0.1, 0.15) is 5.82 Å². The number of carbonyl (C=O) groups excluding carboxylic acids is 1. The Labute approximate surface area is 111 Å². The largest absolute Gasteiger partial charge is 0.478 e. The van der Waals surface area contributed by atoms with E-state index in [2.05, 4.69) is 5.32 Å². The minimum atomic E-state index is -1.37. The van der Waals surface area contributed by atoms with Crippen LogP contribution in [-0.4, -0.2) is 35.6 Å². The highest BCUT2D eigenvalue weighted by Gasteiger charge is 2.13. The molecule has 0 aliphatic carbocycles. The van der Waals surface area contributed by atoms with Gasteiger partial charge in [-0.05, 0) is 24.6 Å². The first-order chi connectivity index (χ1) is 8.95. The van der Waals surface area contributed by atoms with Crippen LogP contribution in [0.5, 0.6) is 0 Å². The van der Waals surface area contributed by atoms with Gasteiger partial charge in [-0.2, -0.15) is 0 Å². The van der Waals surface area contributed by atoms with E-state index in [0.29, 0.717) is 6.54 Å². The molecule has 104 valence electrons. The van der Waals surface area contributed by atoms with E-state index in [4.69, 9.17) is 5.11 Å². The fraction of sp³-hybridized carbons (Fsp3) is 0.385. The van der Waals surface area contributed by atoms with Crippen LogP contribution in [0, 0.1) is 5.82 Å². The lowest BCUT2D eigenvalue weighted by Crippen LogP contribution is -2.32. The van der Waals surface area contributed by atoms with Crippen molar-refractivity contribution in [3.8, 4) is 0 Å². The Balaban J connectivity index is 2.74. The maximum absolute atomic E-state index is 13.2. The van der Waals surface area contributed by atoms with E-state index in [-0.39, 0.29) is 11.7 Å². The molecule has 1 rings (SSSR count). The van der Waals surface area contributed by atoms with Gasteiger partial charge < -0.3 is 15.3 Å². The maximum atomic E-state index is 13.2. The Morgan fingerprint density at radius 1 is 1.42 bits per heavy atom. The Morgan fingerprint density at radius 2 is 2.11 bits per heavy atom. The van der Waals surface area contributed by atoms with E-state index in [9.17, 15) is 14.0 Å². The lowest BCUT2D eigenvalue weighted by molar-refractivity contribution is 0.0692.